The number of carbonyl (C=O) groups is 1. The van der Waals surface area contributed by atoms with Crippen molar-refractivity contribution >= 4 is 5.97 Å². The molecule has 0 saturated carbocycles. The highest BCUT2D eigenvalue weighted by atomic mass is 16.4. The summed E-state index contributed by atoms with van der Waals surface area (Å²) in [6, 6.07) is 1.11. The predicted molar refractivity (Wildman–Crippen MR) is 52.0 cm³/mol. The average molecular weight is 195 g/mol. The molecule has 78 valence electrons. The van der Waals surface area contributed by atoms with E-state index in [4.69, 9.17) is 0 Å². The Bertz CT molecular complexity index is 266. The standard InChI is InChI=1S/C11H17NO2/c13-11(14)9-4-3-8-6-7-2-1-5-12(8)10(7)9/h7-10H,1-6H2,(H,13,14)/t7-,8+,9+,10-/m1/s1. The van der Waals surface area contributed by atoms with E-state index in [0.717, 1.165) is 25.4 Å². The monoisotopic (exact) mass is 195 g/mol. The molecule has 0 spiro atoms. The van der Waals surface area contributed by atoms with Gasteiger partial charge in [0, 0.05) is 12.1 Å². The van der Waals surface area contributed by atoms with Gasteiger partial charge in [0.15, 0.2) is 0 Å². The van der Waals surface area contributed by atoms with Crippen LogP contribution in [0.5, 0.6) is 0 Å². The molecule has 3 rings (SSSR count). The number of aliphatic carboxylic acids is 1. The Hall–Kier alpha value is -0.570. The number of piperidine rings is 2. The molecule has 0 aromatic carbocycles. The zero-order valence-corrected chi connectivity index (χ0v) is 8.35. The summed E-state index contributed by atoms with van der Waals surface area (Å²) in [5, 5.41) is 9.19. The first-order valence-electron chi connectivity index (χ1n) is 5.76. The second-order valence-electron chi connectivity index (χ2n) is 5.04. The van der Waals surface area contributed by atoms with Gasteiger partial charge in [-0.2, -0.15) is 0 Å². The number of rotatable bonds is 1. The Morgan fingerprint density at radius 1 is 1.29 bits per heavy atom. The molecular formula is C11H17NO2. The summed E-state index contributed by atoms with van der Waals surface area (Å²) in [6.07, 6.45) is 5.85. The van der Waals surface area contributed by atoms with Gasteiger partial charge in [0.25, 0.3) is 0 Å². The van der Waals surface area contributed by atoms with E-state index < -0.39 is 5.97 Å². The van der Waals surface area contributed by atoms with Crippen molar-refractivity contribution in [1.82, 2.24) is 4.90 Å². The van der Waals surface area contributed by atoms with Crippen molar-refractivity contribution in [3.8, 4) is 0 Å². The molecule has 0 radical (unpaired) electrons. The molecule has 3 saturated heterocycles. The number of nitrogens with zero attached hydrogens (tertiary/aromatic N) is 1. The van der Waals surface area contributed by atoms with Crippen LogP contribution in [0.4, 0.5) is 0 Å². The van der Waals surface area contributed by atoms with Crippen LogP contribution in [-0.4, -0.2) is 34.6 Å². The Morgan fingerprint density at radius 2 is 2.14 bits per heavy atom. The third kappa shape index (κ3) is 1.05. The van der Waals surface area contributed by atoms with Crippen LogP contribution in [-0.2, 0) is 4.79 Å². The molecular weight excluding hydrogens is 178 g/mol. The van der Waals surface area contributed by atoms with Gasteiger partial charge in [0.05, 0.1) is 5.92 Å². The van der Waals surface area contributed by atoms with Crippen molar-refractivity contribution in [2.45, 2.75) is 44.2 Å². The highest BCUT2D eigenvalue weighted by Gasteiger charge is 2.51. The number of hydrogen-bond acceptors (Lipinski definition) is 2. The molecule has 0 aromatic rings. The van der Waals surface area contributed by atoms with Crippen LogP contribution < -0.4 is 0 Å². The van der Waals surface area contributed by atoms with E-state index in [1.54, 1.807) is 0 Å². The second kappa shape index (κ2) is 2.96. The minimum absolute atomic E-state index is 0.0703. The van der Waals surface area contributed by atoms with Crippen LogP contribution in [0.15, 0.2) is 0 Å². The van der Waals surface area contributed by atoms with Crippen LogP contribution >= 0.6 is 0 Å². The van der Waals surface area contributed by atoms with Gasteiger partial charge >= 0.3 is 5.97 Å². The van der Waals surface area contributed by atoms with Gasteiger partial charge in [-0.25, -0.2) is 0 Å². The molecule has 0 aromatic heterocycles. The molecule has 3 heterocycles. The summed E-state index contributed by atoms with van der Waals surface area (Å²) in [4.78, 5) is 13.6. The fraction of sp³-hybridized carbons (Fsp3) is 0.909. The first kappa shape index (κ1) is 8.72. The Morgan fingerprint density at radius 3 is 2.93 bits per heavy atom. The summed E-state index contributed by atoms with van der Waals surface area (Å²) in [6.45, 7) is 1.15. The average Bonchev–Trinajstić information content (AvgIpc) is 2.40. The van der Waals surface area contributed by atoms with Crippen LogP contribution in [0.3, 0.4) is 0 Å². The lowest BCUT2D eigenvalue weighted by Gasteiger charge is -2.42. The number of carboxylic acid groups (broad SMARTS) is 1. The largest absolute Gasteiger partial charge is 0.481 e. The van der Waals surface area contributed by atoms with E-state index in [9.17, 15) is 9.90 Å². The van der Waals surface area contributed by atoms with Gasteiger partial charge in [0.1, 0.15) is 0 Å². The highest BCUT2D eigenvalue weighted by Crippen LogP contribution is 2.47. The molecule has 3 aliphatic heterocycles. The molecule has 3 aliphatic rings. The third-order valence-electron chi connectivity index (χ3n) is 4.44. The highest BCUT2D eigenvalue weighted by molar-refractivity contribution is 5.71. The molecule has 3 fully saturated rings. The smallest absolute Gasteiger partial charge is 0.308 e. The Labute approximate surface area is 84.1 Å². The lowest BCUT2D eigenvalue weighted by molar-refractivity contribution is -0.147. The molecule has 1 N–H and O–H groups in total. The van der Waals surface area contributed by atoms with Crippen molar-refractivity contribution in [3.63, 3.8) is 0 Å². The van der Waals surface area contributed by atoms with Crippen molar-refractivity contribution < 1.29 is 9.90 Å². The number of hydrogen-bond donors (Lipinski definition) is 1. The zero-order valence-electron chi connectivity index (χ0n) is 8.35. The third-order valence-corrected chi connectivity index (χ3v) is 4.44. The fourth-order valence-electron chi connectivity index (χ4n) is 3.95. The van der Waals surface area contributed by atoms with E-state index in [-0.39, 0.29) is 5.92 Å². The predicted octanol–water partition coefficient (Wildman–Crippen LogP) is 1.33. The molecule has 0 aliphatic carbocycles. The molecule has 14 heavy (non-hydrogen) atoms. The maximum Gasteiger partial charge on any atom is 0.308 e. The van der Waals surface area contributed by atoms with Crippen LogP contribution in [0.2, 0.25) is 0 Å². The SMILES string of the molecule is O=C(O)[C@H]1CC[C@H]2C[C@H]3CCCN2[C@H]31. The molecule has 1 unspecified atom stereocenters. The van der Waals surface area contributed by atoms with E-state index in [1.807, 2.05) is 0 Å². The molecule has 0 amide bonds. The van der Waals surface area contributed by atoms with Crippen LogP contribution in [0.1, 0.15) is 32.1 Å². The molecule has 3 nitrogen and oxygen atoms in total. The number of carboxylic acids is 1. The minimum atomic E-state index is -0.563. The van der Waals surface area contributed by atoms with Crippen molar-refractivity contribution in [3.05, 3.63) is 0 Å². The maximum atomic E-state index is 11.1. The van der Waals surface area contributed by atoms with Crippen molar-refractivity contribution in [2.24, 2.45) is 11.8 Å². The van der Waals surface area contributed by atoms with Crippen molar-refractivity contribution in [2.75, 3.05) is 6.54 Å². The van der Waals surface area contributed by atoms with Gasteiger partial charge in [-0.3, -0.25) is 9.69 Å². The molecule has 3 heteroatoms. The quantitative estimate of drug-likeness (QED) is 0.686. The zero-order chi connectivity index (χ0) is 9.71. The van der Waals surface area contributed by atoms with Crippen LogP contribution in [0.25, 0.3) is 0 Å². The second-order valence-corrected chi connectivity index (χ2v) is 5.04. The van der Waals surface area contributed by atoms with Gasteiger partial charge < -0.3 is 5.11 Å². The summed E-state index contributed by atoms with van der Waals surface area (Å²) < 4.78 is 0. The van der Waals surface area contributed by atoms with Gasteiger partial charge in [-0.1, -0.05) is 0 Å². The van der Waals surface area contributed by atoms with Gasteiger partial charge in [-0.05, 0) is 44.6 Å². The minimum Gasteiger partial charge on any atom is -0.481 e. The maximum absolute atomic E-state index is 11.1. The van der Waals surface area contributed by atoms with E-state index in [0.29, 0.717) is 12.0 Å². The Kier molecular flexibility index (Phi) is 1.84. The first-order valence-corrected chi connectivity index (χ1v) is 5.76. The van der Waals surface area contributed by atoms with Crippen LogP contribution in [0, 0.1) is 11.8 Å². The first-order chi connectivity index (χ1) is 6.77. The fourth-order valence-corrected chi connectivity index (χ4v) is 3.95. The summed E-state index contributed by atoms with van der Waals surface area (Å²) in [5.74, 6) is 0.0589. The summed E-state index contributed by atoms with van der Waals surface area (Å²) >= 11 is 0. The normalized spacial score (nSPS) is 50.4. The Balaban J connectivity index is 1.90. The lowest BCUT2D eigenvalue weighted by atomic mass is 9.82. The summed E-state index contributed by atoms with van der Waals surface area (Å²) in [7, 11) is 0. The van der Waals surface area contributed by atoms with Gasteiger partial charge in [-0.15, -0.1) is 0 Å². The lowest BCUT2D eigenvalue weighted by Crippen LogP contribution is -2.51. The molecule has 4 bridgehead atoms. The summed E-state index contributed by atoms with van der Waals surface area (Å²) in [5.41, 5.74) is 0. The van der Waals surface area contributed by atoms with Crippen molar-refractivity contribution in [1.29, 1.82) is 0 Å². The molecule has 5 atom stereocenters. The van der Waals surface area contributed by atoms with E-state index in [1.165, 1.54) is 19.3 Å². The van der Waals surface area contributed by atoms with E-state index >= 15 is 0 Å². The van der Waals surface area contributed by atoms with E-state index in [2.05, 4.69) is 4.90 Å². The topological polar surface area (TPSA) is 40.5 Å². The van der Waals surface area contributed by atoms with Gasteiger partial charge in [0.2, 0.25) is 0 Å².